The molecule has 148 valence electrons. The standard InChI is InChI=1S/C22H34N4O/c1-5-25(12-11-24(3)4)15-19-14-18-13-17(2)8-9-21(18)23-22(19)26-10-6-7-20(27)16-26/h8-9,13-14,20,27H,5-7,10-12,15-16H2,1-4H3/t20-/m0/s1. The Hall–Kier alpha value is -1.69. The van der Waals surface area contributed by atoms with Gasteiger partial charge in [0.15, 0.2) is 0 Å². The minimum atomic E-state index is -0.252. The quantitative estimate of drug-likeness (QED) is 0.812. The number of aliphatic hydroxyl groups excluding tert-OH is 1. The van der Waals surface area contributed by atoms with Crippen LogP contribution in [0.15, 0.2) is 24.3 Å². The molecule has 0 spiro atoms. The summed E-state index contributed by atoms with van der Waals surface area (Å²) >= 11 is 0. The molecule has 5 heteroatoms. The fourth-order valence-corrected chi connectivity index (χ4v) is 3.80. The van der Waals surface area contributed by atoms with Crippen LogP contribution < -0.4 is 4.90 Å². The Balaban J connectivity index is 1.95. The van der Waals surface area contributed by atoms with Crippen LogP contribution in [0, 0.1) is 6.92 Å². The van der Waals surface area contributed by atoms with Crippen LogP contribution in [0.4, 0.5) is 5.82 Å². The monoisotopic (exact) mass is 370 g/mol. The highest BCUT2D eigenvalue weighted by molar-refractivity contribution is 5.82. The van der Waals surface area contributed by atoms with E-state index >= 15 is 0 Å². The molecule has 27 heavy (non-hydrogen) atoms. The highest BCUT2D eigenvalue weighted by Gasteiger charge is 2.22. The van der Waals surface area contributed by atoms with E-state index in [1.165, 1.54) is 16.5 Å². The smallest absolute Gasteiger partial charge is 0.133 e. The first-order chi connectivity index (χ1) is 13.0. The number of hydrogen-bond donors (Lipinski definition) is 1. The van der Waals surface area contributed by atoms with E-state index in [1.54, 1.807) is 0 Å². The largest absolute Gasteiger partial charge is 0.391 e. The van der Waals surface area contributed by atoms with Gasteiger partial charge in [0.1, 0.15) is 5.82 Å². The van der Waals surface area contributed by atoms with Gasteiger partial charge >= 0.3 is 0 Å². The lowest BCUT2D eigenvalue weighted by atomic mass is 10.1. The molecule has 1 atom stereocenters. The zero-order valence-corrected chi connectivity index (χ0v) is 17.3. The zero-order valence-electron chi connectivity index (χ0n) is 17.3. The fourth-order valence-electron chi connectivity index (χ4n) is 3.80. The molecule has 0 saturated carbocycles. The Labute approximate surface area is 163 Å². The van der Waals surface area contributed by atoms with Crippen LogP contribution in [0.1, 0.15) is 30.9 Å². The first kappa shape index (κ1) is 20.1. The van der Waals surface area contributed by atoms with E-state index in [0.717, 1.165) is 56.9 Å². The van der Waals surface area contributed by atoms with Crippen LogP contribution in [0.2, 0.25) is 0 Å². The molecule has 3 rings (SSSR count). The van der Waals surface area contributed by atoms with Gasteiger partial charge < -0.3 is 14.9 Å². The molecule has 1 aromatic carbocycles. The summed E-state index contributed by atoms with van der Waals surface area (Å²) in [6.45, 7) is 10.00. The Morgan fingerprint density at radius 1 is 1.22 bits per heavy atom. The Bertz CT molecular complexity index is 761. The average Bonchev–Trinajstić information content (AvgIpc) is 2.64. The van der Waals surface area contributed by atoms with Crippen molar-refractivity contribution in [1.82, 2.24) is 14.8 Å². The number of aryl methyl sites for hydroxylation is 1. The van der Waals surface area contributed by atoms with Crippen LogP contribution in [-0.4, -0.2) is 72.8 Å². The number of nitrogens with zero attached hydrogens (tertiary/aromatic N) is 4. The number of pyridine rings is 1. The fraction of sp³-hybridized carbons (Fsp3) is 0.591. The van der Waals surface area contributed by atoms with E-state index in [4.69, 9.17) is 4.98 Å². The van der Waals surface area contributed by atoms with E-state index in [0.29, 0.717) is 6.54 Å². The molecular weight excluding hydrogens is 336 g/mol. The normalized spacial score (nSPS) is 18.0. The van der Waals surface area contributed by atoms with Crippen molar-refractivity contribution in [3.63, 3.8) is 0 Å². The summed E-state index contributed by atoms with van der Waals surface area (Å²) in [5.74, 6) is 1.05. The molecule has 2 heterocycles. The van der Waals surface area contributed by atoms with Crippen LogP contribution in [0.5, 0.6) is 0 Å². The van der Waals surface area contributed by atoms with Crippen LogP contribution in [0.25, 0.3) is 10.9 Å². The van der Waals surface area contributed by atoms with Crippen molar-refractivity contribution < 1.29 is 5.11 Å². The number of anilines is 1. The summed E-state index contributed by atoms with van der Waals surface area (Å²) in [7, 11) is 4.24. The van der Waals surface area contributed by atoms with E-state index < -0.39 is 0 Å². The highest BCUT2D eigenvalue weighted by atomic mass is 16.3. The minimum Gasteiger partial charge on any atom is -0.391 e. The van der Waals surface area contributed by atoms with Crippen molar-refractivity contribution in [1.29, 1.82) is 0 Å². The summed E-state index contributed by atoms with van der Waals surface area (Å²) in [5.41, 5.74) is 3.56. The van der Waals surface area contributed by atoms with Crippen molar-refractivity contribution in [2.45, 2.75) is 39.3 Å². The molecule has 2 aromatic rings. The maximum atomic E-state index is 10.2. The van der Waals surface area contributed by atoms with E-state index in [-0.39, 0.29) is 6.10 Å². The summed E-state index contributed by atoms with van der Waals surface area (Å²) in [4.78, 5) is 12.0. The molecular formula is C22H34N4O. The molecule has 0 unspecified atom stereocenters. The van der Waals surface area contributed by atoms with Crippen molar-refractivity contribution >= 4 is 16.7 Å². The van der Waals surface area contributed by atoms with Crippen LogP contribution in [-0.2, 0) is 6.54 Å². The maximum absolute atomic E-state index is 10.2. The summed E-state index contributed by atoms with van der Waals surface area (Å²) < 4.78 is 0. The van der Waals surface area contributed by atoms with Gasteiger partial charge in [0, 0.05) is 43.7 Å². The molecule has 0 radical (unpaired) electrons. The SMILES string of the molecule is CCN(CCN(C)C)Cc1cc2cc(C)ccc2nc1N1CCC[C@H](O)C1. The molecule has 0 aliphatic carbocycles. The molecule has 1 aliphatic heterocycles. The molecule has 1 saturated heterocycles. The van der Waals surface area contributed by atoms with Gasteiger partial charge in [-0.2, -0.15) is 0 Å². The second kappa shape index (κ2) is 9.00. The maximum Gasteiger partial charge on any atom is 0.133 e. The lowest BCUT2D eigenvalue weighted by Crippen LogP contribution is -2.40. The summed E-state index contributed by atoms with van der Waals surface area (Å²) in [6.07, 6.45) is 1.66. The van der Waals surface area contributed by atoms with Crippen molar-refractivity contribution in [3.05, 3.63) is 35.4 Å². The second-order valence-corrected chi connectivity index (χ2v) is 8.08. The van der Waals surface area contributed by atoms with Gasteiger partial charge in [-0.1, -0.05) is 18.6 Å². The number of aliphatic hydroxyl groups is 1. The van der Waals surface area contributed by atoms with Gasteiger partial charge in [-0.15, -0.1) is 0 Å². The third-order valence-corrected chi connectivity index (χ3v) is 5.43. The zero-order chi connectivity index (χ0) is 19.4. The summed E-state index contributed by atoms with van der Waals surface area (Å²) in [6, 6.07) is 8.77. The lowest BCUT2D eigenvalue weighted by Gasteiger charge is -2.33. The first-order valence-electron chi connectivity index (χ1n) is 10.2. The third-order valence-electron chi connectivity index (χ3n) is 5.43. The number of fused-ring (bicyclic) bond motifs is 1. The van der Waals surface area contributed by atoms with E-state index in [2.05, 4.69) is 66.9 Å². The highest BCUT2D eigenvalue weighted by Crippen LogP contribution is 2.28. The van der Waals surface area contributed by atoms with Gasteiger partial charge in [0.25, 0.3) is 0 Å². The van der Waals surface area contributed by atoms with E-state index in [9.17, 15) is 5.11 Å². The number of benzene rings is 1. The molecule has 5 nitrogen and oxygen atoms in total. The van der Waals surface area contributed by atoms with Gasteiger partial charge in [0.2, 0.25) is 0 Å². The molecule has 1 fully saturated rings. The molecule has 1 aromatic heterocycles. The van der Waals surface area contributed by atoms with Crippen molar-refractivity contribution in [2.24, 2.45) is 0 Å². The van der Waals surface area contributed by atoms with E-state index in [1.807, 2.05) is 0 Å². The van der Waals surface area contributed by atoms with Crippen molar-refractivity contribution in [3.8, 4) is 0 Å². The topological polar surface area (TPSA) is 42.8 Å². The molecule has 1 aliphatic rings. The number of hydrogen-bond acceptors (Lipinski definition) is 5. The Kier molecular flexibility index (Phi) is 6.68. The molecule has 1 N–H and O–H groups in total. The number of rotatable bonds is 7. The minimum absolute atomic E-state index is 0.252. The van der Waals surface area contributed by atoms with Gasteiger partial charge in [-0.3, -0.25) is 4.90 Å². The number of likely N-dealkylation sites (N-methyl/N-ethyl adjacent to an activating group) is 2. The van der Waals surface area contributed by atoms with Crippen molar-refractivity contribution in [2.75, 3.05) is 51.7 Å². The predicted molar refractivity (Wildman–Crippen MR) is 113 cm³/mol. The number of β-amino-alcohol motifs (C(OH)–C–C–N with tert-alkyl or cyclic N) is 1. The van der Waals surface area contributed by atoms with Gasteiger partial charge in [-0.25, -0.2) is 4.98 Å². The predicted octanol–water partition coefficient (Wildman–Crippen LogP) is 2.89. The second-order valence-electron chi connectivity index (χ2n) is 8.08. The molecule has 0 amide bonds. The third kappa shape index (κ3) is 5.18. The van der Waals surface area contributed by atoms with Crippen LogP contribution >= 0.6 is 0 Å². The van der Waals surface area contributed by atoms with Gasteiger partial charge in [0.05, 0.1) is 11.6 Å². The lowest BCUT2D eigenvalue weighted by molar-refractivity contribution is 0.153. The van der Waals surface area contributed by atoms with Gasteiger partial charge in [-0.05, 0) is 58.6 Å². The Morgan fingerprint density at radius 3 is 2.74 bits per heavy atom. The average molecular weight is 371 g/mol. The first-order valence-corrected chi connectivity index (χ1v) is 10.2. The summed E-state index contributed by atoms with van der Waals surface area (Å²) in [5, 5.41) is 11.4. The number of aromatic nitrogens is 1. The number of piperidine rings is 1. The Morgan fingerprint density at radius 2 is 2.04 bits per heavy atom. The van der Waals surface area contributed by atoms with Crippen LogP contribution in [0.3, 0.4) is 0 Å². The molecule has 0 bridgehead atoms.